The number of hydrogen-bond acceptors (Lipinski definition) is 3. The lowest BCUT2D eigenvalue weighted by Gasteiger charge is -2.23. The highest BCUT2D eigenvalue weighted by Crippen LogP contribution is 2.11. The molecule has 0 bridgehead atoms. The normalized spacial score (nSPS) is 11.0. The molecule has 1 aromatic carbocycles. The SMILES string of the molecule is COC(C)(C)CNC(=O)Nc1ccc(CCC(=O)O)cc1. The van der Waals surface area contributed by atoms with Gasteiger partial charge in [-0.1, -0.05) is 12.1 Å². The summed E-state index contributed by atoms with van der Waals surface area (Å²) in [6, 6.07) is 6.80. The van der Waals surface area contributed by atoms with Gasteiger partial charge in [0.15, 0.2) is 0 Å². The van der Waals surface area contributed by atoms with Gasteiger partial charge in [-0.15, -0.1) is 0 Å². The second-order valence-electron chi connectivity index (χ2n) is 5.36. The summed E-state index contributed by atoms with van der Waals surface area (Å²) in [6.45, 7) is 4.15. The van der Waals surface area contributed by atoms with Gasteiger partial charge < -0.3 is 20.5 Å². The first-order chi connectivity index (χ1) is 9.82. The Hall–Kier alpha value is -2.08. The number of methoxy groups -OCH3 is 1. The fraction of sp³-hybridized carbons (Fsp3) is 0.467. The van der Waals surface area contributed by atoms with Crippen molar-refractivity contribution in [1.82, 2.24) is 5.32 Å². The second-order valence-corrected chi connectivity index (χ2v) is 5.36. The number of ether oxygens (including phenoxy) is 1. The summed E-state index contributed by atoms with van der Waals surface area (Å²) in [5.41, 5.74) is 1.16. The molecule has 6 heteroatoms. The van der Waals surface area contributed by atoms with Gasteiger partial charge in [0.2, 0.25) is 0 Å². The van der Waals surface area contributed by atoms with E-state index in [2.05, 4.69) is 10.6 Å². The first-order valence-corrected chi connectivity index (χ1v) is 6.73. The number of carboxylic acid groups (broad SMARTS) is 1. The minimum absolute atomic E-state index is 0.0966. The van der Waals surface area contributed by atoms with Crippen molar-refractivity contribution in [1.29, 1.82) is 0 Å². The van der Waals surface area contributed by atoms with Crippen molar-refractivity contribution in [2.24, 2.45) is 0 Å². The summed E-state index contributed by atoms with van der Waals surface area (Å²) in [5.74, 6) is -0.822. The smallest absolute Gasteiger partial charge is 0.319 e. The number of nitrogens with one attached hydrogen (secondary N) is 2. The molecule has 1 rings (SSSR count). The first kappa shape index (κ1) is 17.0. The highest BCUT2D eigenvalue weighted by atomic mass is 16.5. The number of amides is 2. The molecule has 0 heterocycles. The molecule has 0 fully saturated rings. The number of hydrogen-bond donors (Lipinski definition) is 3. The van der Waals surface area contributed by atoms with Gasteiger partial charge in [-0.2, -0.15) is 0 Å². The number of anilines is 1. The van der Waals surface area contributed by atoms with E-state index in [0.717, 1.165) is 5.56 Å². The Bertz CT molecular complexity index is 483. The van der Waals surface area contributed by atoms with E-state index in [1.54, 1.807) is 31.4 Å². The van der Waals surface area contributed by atoms with Crippen LogP contribution in [0.3, 0.4) is 0 Å². The second kappa shape index (κ2) is 7.64. The summed E-state index contributed by atoms with van der Waals surface area (Å²) in [7, 11) is 1.59. The maximum atomic E-state index is 11.7. The lowest BCUT2D eigenvalue weighted by atomic mass is 10.1. The molecule has 6 nitrogen and oxygen atoms in total. The Labute approximate surface area is 124 Å². The molecule has 3 N–H and O–H groups in total. The van der Waals surface area contributed by atoms with Crippen molar-refractivity contribution in [3.63, 3.8) is 0 Å². The molecule has 2 amide bonds. The van der Waals surface area contributed by atoms with Crippen molar-refractivity contribution in [2.45, 2.75) is 32.3 Å². The van der Waals surface area contributed by atoms with E-state index in [1.807, 2.05) is 13.8 Å². The zero-order chi connectivity index (χ0) is 15.9. The molecule has 0 saturated heterocycles. The topological polar surface area (TPSA) is 87.7 Å². The minimum Gasteiger partial charge on any atom is -0.481 e. The molecule has 0 radical (unpaired) electrons. The molecule has 1 aromatic rings. The largest absolute Gasteiger partial charge is 0.481 e. The Morgan fingerprint density at radius 2 is 1.86 bits per heavy atom. The Morgan fingerprint density at radius 3 is 2.38 bits per heavy atom. The van der Waals surface area contributed by atoms with Crippen LogP contribution in [0.1, 0.15) is 25.8 Å². The molecule has 0 aliphatic heterocycles. The van der Waals surface area contributed by atoms with Gasteiger partial charge in [0.1, 0.15) is 0 Å². The zero-order valence-electron chi connectivity index (χ0n) is 12.6. The number of urea groups is 1. The molecular formula is C15H22N2O4. The fourth-order valence-electron chi connectivity index (χ4n) is 1.55. The van der Waals surface area contributed by atoms with Crippen LogP contribution in [0.2, 0.25) is 0 Å². The lowest BCUT2D eigenvalue weighted by molar-refractivity contribution is -0.136. The lowest BCUT2D eigenvalue weighted by Crippen LogP contribution is -2.41. The van der Waals surface area contributed by atoms with Gasteiger partial charge in [0.25, 0.3) is 0 Å². The van der Waals surface area contributed by atoms with Crippen molar-refractivity contribution in [3.8, 4) is 0 Å². The first-order valence-electron chi connectivity index (χ1n) is 6.73. The van der Waals surface area contributed by atoms with E-state index in [4.69, 9.17) is 9.84 Å². The molecule has 116 valence electrons. The molecule has 0 aliphatic rings. The molecule has 21 heavy (non-hydrogen) atoms. The summed E-state index contributed by atoms with van der Waals surface area (Å²) in [6.07, 6.45) is 0.573. The van der Waals surface area contributed by atoms with Gasteiger partial charge >= 0.3 is 12.0 Å². The summed E-state index contributed by atoms with van der Waals surface area (Å²) >= 11 is 0. The molecule has 0 atom stereocenters. The molecule has 0 aliphatic carbocycles. The van der Waals surface area contributed by atoms with Gasteiger partial charge in [-0.05, 0) is 38.0 Å². The minimum atomic E-state index is -0.822. The Kier molecular flexibility index (Phi) is 6.17. The molecule has 0 aromatic heterocycles. The number of carbonyl (C=O) groups excluding carboxylic acids is 1. The third-order valence-corrected chi connectivity index (χ3v) is 3.07. The summed E-state index contributed by atoms with van der Waals surface area (Å²) in [5, 5.41) is 14.1. The quantitative estimate of drug-likeness (QED) is 0.719. The van der Waals surface area contributed by atoms with E-state index >= 15 is 0 Å². The third-order valence-electron chi connectivity index (χ3n) is 3.07. The average molecular weight is 294 g/mol. The summed E-state index contributed by atoms with van der Waals surface area (Å²) in [4.78, 5) is 22.2. The fourth-order valence-corrected chi connectivity index (χ4v) is 1.55. The Balaban J connectivity index is 2.44. The van der Waals surface area contributed by atoms with Crippen LogP contribution >= 0.6 is 0 Å². The predicted octanol–water partition coefficient (Wildman–Crippen LogP) is 2.25. The van der Waals surface area contributed by atoms with E-state index in [0.29, 0.717) is 18.7 Å². The van der Waals surface area contributed by atoms with Gasteiger partial charge in [0.05, 0.1) is 5.60 Å². The van der Waals surface area contributed by atoms with Crippen LogP contribution in [-0.2, 0) is 16.0 Å². The highest BCUT2D eigenvalue weighted by Gasteiger charge is 2.17. The number of rotatable bonds is 7. The molecule has 0 unspecified atom stereocenters. The van der Waals surface area contributed by atoms with E-state index in [-0.39, 0.29) is 12.5 Å². The number of carbonyl (C=O) groups is 2. The maximum absolute atomic E-state index is 11.7. The van der Waals surface area contributed by atoms with Crippen molar-refractivity contribution >= 4 is 17.7 Å². The van der Waals surface area contributed by atoms with Crippen molar-refractivity contribution in [3.05, 3.63) is 29.8 Å². The number of carboxylic acids is 1. The van der Waals surface area contributed by atoms with Gasteiger partial charge in [-0.3, -0.25) is 4.79 Å². The van der Waals surface area contributed by atoms with Crippen LogP contribution in [0.15, 0.2) is 24.3 Å². The molecular weight excluding hydrogens is 272 g/mol. The Morgan fingerprint density at radius 1 is 1.24 bits per heavy atom. The van der Waals surface area contributed by atoms with Crippen LogP contribution in [0.5, 0.6) is 0 Å². The van der Waals surface area contributed by atoms with Crippen molar-refractivity contribution < 1.29 is 19.4 Å². The monoisotopic (exact) mass is 294 g/mol. The number of aliphatic carboxylic acids is 1. The van der Waals surface area contributed by atoms with E-state index in [9.17, 15) is 9.59 Å². The van der Waals surface area contributed by atoms with Crippen LogP contribution in [0.25, 0.3) is 0 Å². The van der Waals surface area contributed by atoms with Crippen LogP contribution in [-0.4, -0.2) is 36.4 Å². The van der Waals surface area contributed by atoms with Gasteiger partial charge in [-0.25, -0.2) is 4.79 Å². The van der Waals surface area contributed by atoms with Gasteiger partial charge in [0, 0.05) is 25.8 Å². The predicted molar refractivity (Wildman–Crippen MR) is 80.5 cm³/mol. The van der Waals surface area contributed by atoms with Crippen LogP contribution in [0, 0.1) is 0 Å². The molecule has 0 saturated carbocycles. The third kappa shape index (κ3) is 6.76. The number of benzene rings is 1. The van der Waals surface area contributed by atoms with Crippen LogP contribution in [0.4, 0.5) is 10.5 Å². The van der Waals surface area contributed by atoms with E-state index < -0.39 is 11.6 Å². The number of aryl methyl sites for hydroxylation is 1. The zero-order valence-corrected chi connectivity index (χ0v) is 12.6. The molecule has 0 spiro atoms. The average Bonchev–Trinajstić information content (AvgIpc) is 2.44. The van der Waals surface area contributed by atoms with Crippen molar-refractivity contribution in [2.75, 3.05) is 19.0 Å². The maximum Gasteiger partial charge on any atom is 0.319 e. The van der Waals surface area contributed by atoms with Crippen LogP contribution < -0.4 is 10.6 Å². The standard InChI is InChI=1S/C15H22N2O4/c1-15(2,21-3)10-16-14(20)17-12-7-4-11(5-8-12)6-9-13(18)19/h4-5,7-8H,6,9-10H2,1-3H3,(H,18,19)(H2,16,17,20). The highest BCUT2D eigenvalue weighted by molar-refractivity contribution is 5.89. The summed E-state index contributed by atoms with van der Waals surface area (Å²) < 4.78 is 5.21. The van der Waals surface area contributed by atoms with E-state index in [1.165, 1.54) is 0 Å².